The Labute approximate surface area is 139 Å². The third-order valence-electron chi connectivity index (χ3n) is 3.90. The lowest BCUT2D eigenvalue weighted by Crippen LogP contribution is -2.45. The van der Waals surface area contributed by atoms with Gasteiger partial charge in [0.05, 0.1) is 18.8 Å². The standard InChI is InChI=1S/C18H18N2O2S/c21-13-15-8-4-5-11-20(15)18(22)16-12-19-17(23-16)10-9-14-6-2-1-3-7-14/h1-3,6-7,12,15,21H,4-5,8,11,13H2. The highest BCUT2D eigenvalue weighted by Crippen LogP contribution is 2.22. The SMILES string of the molecule is O=C(c1cnc(C#Cc2ccccc2)s1)N1CCCCC1CO. The highest BCUT2D eigenvalue weighted by atomic mass is 32.1. The molecule has 3 rings (SSSR count). The van der Waals surface area contributed by atoms with Crippen LogP contribution in [0.3, 0.4) is 0 Å². The van der Waals surface area contributed by atoms with Crippen LogP contribution in [0.15, 0.2) is 36.5 Å². The number of aromatic nitrogens is 1. The van der Waals surface area contributed by atoms with Crippen molar-refractivity contribution >= 4 is 17.2 Å². The number of carbonyl (C=O) groups excluding carboxylic acids is 1. The van der Waals surface area contributed by atoms with E-state index in [9.17, 15) is 9.90 Å². The number of amides is 1. The molecule has 1 fully saturated rings. The van der Waals surface area contributed by atoms with E-state index in [4.69, 9.17) is 0 Å². The lowest BCUT2D eigenvalue weighted by Gasteiger charge is -2.34. The molecule has 1 aromatic carbocycles. The van der Waals surface area contributed by atoms with E-state index in [1.165, 1.54) is 11.3 Å². The van der Waals surface area contributed by atoms with Crippen molar-refractivity contribution in [1.29, 1.82) is 0 Å². The summed E-state index contributed by atoms with van der Waals surface area (Å²) in [7, 11) is 0. The number of hydrogen-bond acceptors (Lipinski definition) is 4. The molecule has 2 aromatic rings. The van der Waals surface area contributed by atoms with Crippen LogP contribution in [-0.4, -0.2) is 40.1 Å². The number of likely N-dealkylation sites (tertiary alicyclic amines) is 1. The molecule has 118 valence electrons. The summed E-state index contributed by atoms with van der Waals surface area (Å²) < 4.78 is 0. The first-order valence-corrected chi connectivity index (χ1v) is 8.54. The molecule has 2 heterocycles. The molecule has 0 spiro atoms. The van der Waals surface area contributed by atoms with E-state index < -0.39 is 0 Å². The molecule has 1 amide bonds. The van der Waals surface area contributed by atoms with E-state index in [1.807, 2.05) is 30.3 Å². The molecule has 1 N–H and O–H groups in total. The molecular formula is C18H18N2O2S. The van der Waals surface area contributed by atoms with Gasteiger partial charge in [0.25, 0.3) is 5.91 Å². The van der Waals surface area contributed by atoms with Gasteiger partial charge >= 0.3 is 0 Å². The van der Waals surface area contributed by atoms with Gasteiger partial charge in [-0.15, -0.1) is 11.3 Å². The van der Waals surface area contributed by atoms with Gasteiger partial charge in [0, 0.05) is 12.1 Å². The predicted octanol–water partition coefficient (Wildman–Crippen LogP) is 2.53. The number of carbonyl (C=O) groups is 1. The topological polar surface area (TPSA) is 53.4 Å². The normalized spacial score (nSPS) is 17.4. The molecule has 0 bridgehead atoms. The van der Waals surface area contributed by atoms with Crippen LogP contribution in [0, 0.1) is 11.8 Å². The van der Waals surface area contributed by atoms with Gasteiger partial charge in [-0.3, -0.25) is 4.79 Å². The predicted molar refractivity (Wildman–Crippen MR) is 90.3 cm³/mol. The van der Waals surface area contributed by atoms with Crippen molar-refractivity contribution in [3.63, 3.8) is 0 Å². The molecular weight excluding hydrogens is 308 g/mol. The van der Waals surface area contributed by atoms with Crippen molar-refractivity contribution < 1.29 is 9.90 Å². The number of benzene rings is 1. The van der Waals surface area contributed by atoms with Crippen LogP contribution in [0.5, 0.6) is 0 Å². The highest BCUT2D eigenvalue weighted by molar-refractivity contribution is 7.14. The minimum Gasteiger partial charge on any atom is -0.394 e. The van der Waals surface area contributed by atoms with Gasteiger partial charge < -0.3 is 10.0 Å². The maximum absolute atomic E-state index is 12.6. The zero-order chi connectivity index (χ0) is 16.1. The van der Waals surface area contributed by atoms with Crippen LogP contribution in [0.1, 0.15) is 39.5 Å². The first-order valence-electron chi connectivity index (χ1n) is 7.72. The molecule has 1 atom stereocenters. The van der Waals surface area contributed by atoms with Gasteiger partial charge in [0.1, 0.15) is 4.88 Å². The van der Waals surface area contributed by atoms with E-state index in [-0.39, 0.29) is 18.6 Å². The summed E-state index contributed by atoms with van der Waals surface area (Å²) in [6, 6.07) is 9.62. The average Bonchev–Trinajstić information content (AvgIpc) is 3.09. The quantitative estimate of drug-likeness (QED) is 0.863. The van der Waals surface area contributed by atoms with Gasteiger partial charge in [-0.2, -0.15) is 0 Å². The van der Waals surface area contributed by atoms with E-state index >= 15 is 0 Å². The van der Waals surface area contributed by atoms with Crippen LogP contribution in [0.4, 0.5) is 0 Å². The second-order valence-corrected chi connectivity index (χ2v) is 6.51. The number of piperidine rings is 1. The number of aliphatic hydroxyl groups excluding tert-OH is 1. The number of aliphatic hydroxyl groups is 1. The van der Waals surface area contributed by atoms with Gasteiger partial charge in [-0.1, -0.05) is 24.1 Å². The summed E-state index contributed by atoms with van der Waals surface area (Å²) in [6.07, 6.45) is 4.50. The molecule has 1 unspecified atom stereocenters. The summed E-state index contributed by atoms with van der Waals surface area (Å²) in [5, 5.41) is 10.1. The number of thiazole rings is 1. The number of nitrogens with zero attached hydrogens (tertiary/aromatic N) is 2. The Morgan fingerprint density at radius 1 is 1.30 bits per heavy atom. The fourth-order valence-electron chi connectivity index (χ4n) is 2.68. The van der Waals surface area contributed by atoms with Gasteiger partial charge in [-0.05, 0) is 37.3 Å². The molecule has 1 saturated heterocycles. The molecule has 0 aliphatic carbocycles. The smallest absolute Gasteiger partial charge is 0.265 e. The third kappa shape index (κ3) is 3.79. The summed E-state index contributed by atoms with van der Waals surface area (Å²) in [5.74, 6) is 6.00. The maximum Gasteiger partial charge on any atom is 0.265 e. The zero-order valence-electron chi connectivity index (χ0n) is 12.7. The van der Waals surface area contributed by atoms with Crippen molar-refractivity contribution in [3.8, 4) is 11.8 Å². The molecule has 1 aliphatic heterocycles. The fourth-order valence-corrected chi connectivity index (χ4v) is 3.40. The maximum atomic E-state index is 12.6. The van der Waals surface area contributed by atoms with Crippen LogP contribution in [-0.2, 0) is 0 Å². The van der Waals surface area contributed by atoms with E-state index in [0.29, 0.717) is 16.4 Å². The second kappa shape index (κ2) is 7.40. The highest BCUT2D eigenvalue weighted by Gasteiger charge is 2.27. The van der Waals surface area contributed by atoms with Gasteiger partial charge in [0.2, 0.25) is 0 Å². The Bertz CT molecular complexity index is 730. The minimum absolute atomic E-state index is 0.0191. The van der Waals surface area contributed by atoms with Crippen molar-refractivity contribution in [3.05, 3.63) is 52.0 Å². The van der Waals surface area contributed by atoms with Gasteiger partial charge in [0.15, 0.2) is 5.01 Å². The molecule has 1 aliphatic rings. The van der Waals surface area contributed by atoms with Crippen LogP contribution in [0.25, 0.3) is 0 Å². The third-order valence-corrected chi connectivity index (χ3v) is 4.80. The number of hydrogen-bond donors (Lipinski definition) is 1. The zero-order valence-corrected chi connectivity index (χ0v) is 13.6. The molecule has 23 heavy (non-hydrogen) atoms. The van der Waals surface area contributed by atoms with Crippen LogP contribution in [0.2, 0.25) is 0 Å². The van der Waals surface area contributed by atoms with Crippen LogP contribution >= 0.6 is 11.3 Å². The Hall–Kier alpha value is -2.16. The second-order valence-electron chi connectivity index (χ2n) is 5.48. The lowest BCUT2D eigenvalue weighted by atomic mass is 10.0. The Kier molecular flexibility index (Phi) is 5.06. The summed E-state index contributed by atoms with van der Waals surface area (Å²) in [6.45, 7) is 0.720. The first kappa shape index (κ1) is 15.7. The molecule has 0 saturated carbocycles. The van der Waals surface area contributed by atoms with Crippen LogP contribution < -0.4 is 0 Å². The van der Waals surface area contributed by atoms with E-state index in [0.717, 1.165) is 24.8 Å². The monoisotopic (exact) mass is 326 g/mol. The Morgan fingerprint density at radius 2 is 2.13 bits per heavy atom. The molecule has 5 heteroatoms. The summed E-state index contributed by atoms with van der Waals surface area (Å²) >= 11 is 1.31. The molecule has 0 radical (unpaired) electrons. The first-order chi connectivity index (χ1) is 11.3. The molecule has 1 aromatic heterocycles. The van der Waals surface area contributed by atoms with Crippen molar-refractivity contribution in [2.24, 2.45) is 0 Å². The summed E-state index contributed by atoms with van der Waals surface area (Å²) in [5.41, 5.74) is 0.923. The van der Waals surface area contributed by atoms with E-state index in [2.05, 4.69) is 16.8 Å². The molecule has 4 nitrogen and oxygen atoms in total. The van der Waals surface area contributed by atoms with E-state index in [1.54, 1.807) is 11.1 Å². The van der Waals surface area contributed by atoms with Crippen molar-refractivity contribution in [2.75, 3.05) is 13.2 Å². The average molecular weight is 326 g/mol. The van der Waals surface area contributed by atoms with Crippen molar-refractivity contribution in [2.45, 2.75) is 25.3 Å². The fraction of sp³-hybridized carbons (Fsp3) is 0.333. The lowest BCUT2D eigenvalue weighted by molar-refractivity contribution is 0.0507. The number of rotatable bonds is 2. The Morgan fingerprint density at radius 3 is 2.91 bits per heavy atom. The minimum atomic E-state index is -0.0720. The largest absolute Gasteiger partial charge is 0.394 e. The Balaban J connectivity index is 1.74. The van der Waals surface area contributed by atoms with Gasteiger partial charge in [-0.25, -0.2) is 4.98 Å². The summed E-state index contributed by atoms with van der Waals surface area (Å²) in [4.78, 5) is 19.2. The van der Waals surface area contributed by atoms with Crippen molar-refractivity contribution in [1.82, 2.24) is 9.88 Å².